The van der Waals surface area contributed by atoms with Crippen molar-refractivity contribution in [3.63, 3.8) is 0 Å². The van der Waals surface area contributed by atoms with Gasteiger partial charge in [0, 0.05) is 80.5 Å². The normalized spacial score (nSPS) is 18.8. The van der Waals surface area contributed by atoms with Crippen LogP contribution in [0.15, 0.2) is 70.9 Å². The average Bonchev–Trinajstić information content (AvgIpc) is 3.72. The number of piperidine rings is 1. The van der Waals surface area contributed by atoms with Crippen LogP contribution in [0.5, 0.6) is 11.5 Å². The number of benzene rings is 2. The lowest BCUT2D eigenvalue weighted by Crippen LogP contribution is -2.48. The van der Waals surface area contributed by atoms with Crippen LogP contribution in [0.4, 0.5) is 0 Å². The molecule has 9 rings (SSSR count). The summed E-state index contributed by atoms with van der Waals surface area (Å²) in [5.74, 6) is 0.524. The van der Waals surface area contributed by atoms with Gasteiger partial charge in [-0.25, -0.2) is 9.78 Å². The zero-order chi connectivity index (χ0) is 49.1. The fourth-order valence-electron chi connectivity index (χ4n) is 9.37. The van der Waals surface area contributed by atoms with Crippen LogP contribution in [0.1, 0.15) is 107 Å². The third-order valence-corrected chi connectivity index (χ3v) is 13.4. The van der Waals surface area contributed by atoms with Gasteiger partial charge in [0.2, 0.25) is 0 Å². The van der Waals surface area contributed by atoms with Gasteiger partial charge >= 0.3 is 5.97 Å². The van der Waals surface area contributed by atoms with Crippen LogP contribution in [-0.4, -0.2) is 103 Å². The topological polar surface area (TPSA) is 237 Å². The van der Waals surface area contributed by atoms with E-state index >= 15 is 0 Å². The number of nitrogens with zero attached hydrogens (tertiary/aromatic N) is 6. The molecule has 1 aliphatic carbocycles. The summed E-state index contributed by atoms with van der Waals surface area (Å²) in [6.45, 7) is 15.1. The second kappa shape index (κ2) is 23.7. The first-order valence-electron chi connectivity index (χ1n) is 23.9. The number of carbonyl (C=O) groups is 2. The first-order valence-corrected chi connectivity index (χ1v) is 24.3. The Morgan fingerprint density at radius 3 is 2.29 bits per heavy atom. The van der Waals surface area contributed by atoms with E-state index in [0.717, 1.165) is 101 Å². The summed E-state index contributed by atoms with van der Waals surface area (Å²) in [6.07, 6.45) is 9.52. The van der Waals surface area contributed by atoms with Crippen LogP contribution in [0.25, 0.3) is 22.3 Å². The maximum atomic E-state index is 13.4. The molecule has 1 unspecified atom stereocenters. The van der Waals surface area contributed by atoms with E-state index in [1.54, 1.807) is 34.9 Å². The Kier molecular flexibility index (Phi) is 17.9. The lowest BCUT2D eigenvalue weighted by molar-refractivity contribution is -0.157. The molecular weight excluding hydrogens is 886 g/mol. The first-order chi connectivity index (χ1) is 32.9. The van der Waals surface area contributed by atoms with E-state index in [1.165, 1.54) is 24.6 Å². The number of carbonyl (C=O) groups excluding carboxylic acids is 2. The van der Waals surface area contributed by atoms with E-state index in [1.807, 2.05) is 39.8 Å². The zero-order valence-electron chi connectivity index (χ0n) is 39.6. The van der Waals surface area contributed by atoms with Gasteiger partial charge in [-0.3, -0.25) is 14.5 Å². The average molecular weight is 953 g/mol. The van der Waals surface area contributed by atoms with Crippen LogP contribution in [-0.2, 0) is 34.0 Å². The zero-order valence-corrected chi connectivity index (χ0v) is 40.4. The number of aliphatic hydroxyl groups is 1. The van der Waals surface area contributed by atoms with Gasteiger partial charge in [0.05, 0.1) is 51.1 Å². The van der Waals surface area contributed by atoms with Crippen molar-refractivity contribution in [1.29, 1.82) is 5.26 Å². The number of aromatic hydroxyl groups is 2. The lowest BCUT2D eigenvalue weighted by atomic mass is 9.95. The molecule has 1 amide bonds. The van der Waals surface area contributed by atoms with E-state index in [9.17, 15) is 24.6 Å². The highest BCUT2D eigenvalue weighted by Crippen LogP contribution is 2.38. The third kappa shape index (κ3) is 11.9. The number of rotatable bonds is 8. The number of piperazine rings is 1. The van der Waals surface area contributed by atoms with E-state index in [-0.39, 0.29) is 57.5 Å². The van der Waals surface area contributed by atoms with Gasteiger partial charge in [-0.05, 0) is 86.2 Å². The van der Waals surface area contributed by atoms with Crippen molar-refractivity contribution in [2.75, 3.05) is 45.8 Å². The van der Waals surface area contributed by atoms with Gasteiger partial charge < -0.3 is 51.2 Å². The van der Waals surface area contributed by atoms with Crippen LogP contribution in [0.3, 0.4) is 0 Å². The number of nitrogens with one attached hydrogen (secondary N) is 1. The van der Waals surface area contributed by atoms with Crippen molar-refractivity contribution in [2.45, 2.75) is 104 Å². The van der Waals surface area contributed by atoms with E-state index in [2.05, 4.69) is 20.0 Å². The highest BCUT2D eigenvalue weighted by Gasteiger charge is 2.34. The Bertz CT molecular complexity index is 2600. The van der Waals surface area contributed by atoms with Gasteiger partial charge in [0.25, 0.3) is 11.5 Å². The number of halogens is 1. The SMILES string of the molecule is CC.CC.N#Cc1ccc(O)cc1Cl.N/C(=C\C=C(/N)N1CCC(CN2CCN(Cc3c(O)ccc4nc5c(cc34)Cn3c-5cc4c(c3=O)COC(=O)C4O)CC2)CC1)C(=O)NC1CCCCC1. The van der Waals surface area contributed by atoms with Crippen LogP contribution >= 0.6 is 11.6 Å². The molecule has 4 aliphatic heterocycles. The van der Waals surface area contributed by atoms with E-state index in [4.69, 9.17) is 43.2 Å². The van der Waals surface area contributed by atoms with Crippen LogP contribution < -0.4 is 22.3 Å². The number of amides is 1. The van der Waals surface area contributed by atoms with Crippen molar-refractivity contribution < 1.29 is 29.6 Å². The number of phenolic OH excluding ortho intramolecular Hbond substituents is 2. The highest BCUT2D eigenvalue weighted by atomic mass is 35.5. The molecule has 2 aromatic heterocycles. The summed E-state index contributed by atoms with van der Waals surface area (Å²) in [7, 11) is 0. The standard InChI is InChI=1S/C40H50N8O6.C7H4ClNO.2C2H6/c41-31(38(51)43-26-4-2-1-3-5-26)6-9-35(42)47-12-10-24(11-13-47)20-45-14-16-46(17-15-45)22-29-27-18-25-21-48-33(36(25)44-32(27)7-8-34(29)49)19-28-30(39(48)52)23-54-40(53)37(28)50;8-7-3-6(10)2-1-5(7)4-9;2*1-2/h6-9,18-19,24,26,37,49-50H,1-5,10-17,20-23,41-42H2,(H,43,51);1-3,10H;2*1-2H3/b31-6-,35-9+;;;. The molecule has 364 valence electrons. The second-order valence-corrected chi connectivity index (χ2v) is 17.7. The number of aromatic nitrogens is 2. The lowest BCUT2D eigenvalue weighted by Gasteiger charge is -2.39. The molecule has 6 heterocycles. The number of allylic oxidation sites excluding steroid dienone is 2. The number of nitriles is 1. The minimum Gasteiger partial charge on any atom is -0.508 e. The Balaban J connectivity index is 0.000000476. The van der Waals surface area contributed by atoms with Crippen molar-refractivity contribution in [1.82, 2.24) is 29.6 Å². The second-order valence-electron chi connectivity index (χ2n) is 17.3. The number of hydrogen-bond donors (Lipinski definition) is 6. The summed E-state index contributed by atoms with van der Waals surface area (Å²) in [4.78, 5) is 49.9. The molecule has 2 saturated heterocycles. The fraction of sp³-hybridized carbons (Fsp3) is 0.471. The maximum absolute atomic E-state index is 13.4. The van der Waals surface area contributed by atoms with Gasteiger partial charge in [-0.1, -0.05) is 58.6 Å². The summed E-state index contributed by atoms with van der Waals surface area (Å²) < 4.78 is 6.63. The number of fused-ring (bicyclic) bond motifs is 5. The number of pyridine rings is 2. The molecule has 1 atom stereocenters. The molecular formula is C51H66ClN9O7. The highest BCUT2D eigenvalue weighted by molar-refractivity contribution is 6.31. The molecule has 16 nitrogen and oxygen atoms in total. The molecule has 0 spiro atoms. The van der Waals surface area contributed by atoms with Gasteiger partial charge in [-0.2, -0.15) is 5.26 Å². The quantitative estimate of drug-likeness (QED) is 0.0585. The van der Waals surface area contributed by atoms with Gasteiger partial charge in [0.15, 0.2) is 6.10 Å². The first kappa shape index (κ1) is 51.3. The van der Waals surface area contributed by atoms with Gasteiger partial charge in [-0.15, -0.1) is 0 Å². The summed E-state index contributed by atoms with van der Waals surface area (Å²) in [5.41, 5.74) is 16.9. The predicted octanol–water partition coefficient (Wildman–Crippen LogP) is 6.11. The Morgan fingerprint density at radius 2 is 1.62 bits per heavy atom. The Labute approximate surface area is 403 Å². The predicted molar refractivity (Wildman–Crippen MR) is 263 cm³/mol. The largest absolute Gasteiger partial charge is 0.508 e. The number of phenols is 2. The Morgan fingerprint density at radius 1 is 0.926 bits per heavy atom. The van der Waals surface area contributed by atoms with Gasteiger partial charge in [0.1, 0.15) is 24.2 Å². The number of ether oxygens (including phenoxy) is 1. The minimum absolute atomic E-state index is 0.0731. The number of nitrogens with two attached hydrogens (primary N) is 2. The van der Waals surface area contributed by atoms with Crippen LogP contribution in [0, 0.1) is 17.2 Å². The van der Waals surface area contributed by atoms with E-state index < -0.39 is 12.1 Å². The fourth-order valence-corrected chi connectivity index (χ4v) is 9.59. The minimum atomic E-state index is -1.50. The number of hydrogen-bond acceptors (Lipinski definition) is 14. The summed E-state index contributed by atoms with van der Waals surface area (Å²) >= 11 is 5.55. The molecule has 68 heavy (non-hydrogen) atoms. The monoisotopic (exact) mass is 951 g/mol. The van der Waals surface area contributed by atoms with Crippen molar-refractivity contribution in [2.24, 2.45) is 17.4 Å². The Hall–Kier alpha value is -6.12. The van der Waals surface area contributed by atoms with Crippen molar-refractivity contribution in [3.8, 4) is 29.0 Å². The molecule has 8 N–H and O–H groups in total. The van der Waals surface area contributed by atoms with E-state index in [0.29, 0.717) is 47.3 Å². The maximum Gasteiger partial charge on any atom is 0.340 e. The third-order valence-electron chi connectivity index (χ3n) is 13.1. The molecule has 0 radical (unpaired) electrons. The molecule has 17 heteroatoms. The molecule has 1 saturated carbocycles. The van der Waals surface area contributed by atoms with Crippen molar-refractivity contribution in [3.05, 3.63) is 109 Å². The number of likely N-dealkylation sites (tertiary alicyclic amines) is 1. The molecule has 3 fully saturated rings. The molecule has 0 bridgehead atoms. The van der Waals surface area contributed by atoms with Crippen LogP contribution in [0.2, 0.25) is 5.02 Å². The molecule has 2 aromatic carbocycles. The van der Waals surface area contributed by atoms with Crippen molar-refractivity contribution >= 4 is 34.4 Å². The summed E-state index contributed by atoms with van der Waals surface area (Å²) in [6, 6.07) is 13.5. The smallest absolute Gasteiger partial charge is 0.340 e. The number of aliphatic hydroxyl groups excluding tert-OH is 1. The summed E-state index contributed by atoms with van der Waals surface area (Å²) in [5, 5.41) is 42.9. The number of cyclic esters (lactones) is 1. The number of esters is 1. The molecule has 5 aliphatic rings. The molecule has 4 aromatic rings.